The number of pyridine rings is 1. The first-order chi connectivity index (χ1) is 15.5. The topological polar surface area (TPSA) is 88.6 Å². The largest absolute Gasteiger partial charge is 0.493 e. The van der Waals surface area contributed by atoms with Crippen LogP contribution in [0.25, 0.3) is 33.7 Å². The Kier molecular flexibility index (Phi) is 5.85. The zero-order valence-corrected chi connectivity index (χ0v) is 18.8. The molecule has 0 radical (unpaired) electrons. The molecule has 0 bridgehead atoms. The molecular weight excluding hydrogens is 410 g/mol. The summed E-state index contributed by atoms with van der Waals surface area (Å²) in [5.41, 5.74) is 2.73. The number of benzene rings is 2. The maximum Gasteiger partial charge on any atom is 0.263 e. The highest BCUT2D eigenvalue weighted by Crippen LogP contribution is 2.40. The first-order valence-corrected chi connectivity index (χ1v) is 10.3. The minimum atomic E-state index is -0.142. The van der Waals surface area contributed by atoms with Gasteiger partial charge in [-0.25, -0.2) is 0 Å². The van der Waals surface area contributed by atoms with Crippen LogP contribution in [0, 0.1) is 6.92 Å². The van der Waals surface area contributed by atoms with E-state index in [2.05, 4.69) is 21.6 Å². The van der Waals surface area contributed by atoms with Gasteiger partial charge in [-0.2, -0.15) is 4.98 Å². The number of methoxy groups -OCH3 is 3. The lowest BCUT2D eigenvalue weighted by Gasteiger charge is -2.12. The van der Waals surface area contributed by atoms with Crippen LogP contribution in [0.1, 0.15) is 18.9 Å². The number of hydrogen-bond acceptors (Lipinski definition) is 7. The Bertz CT molecular complexity index is 1310. The van der Waals surface area contributed by atoms with E-state index in [1.54, 1.807) is 18.3 Å². The molecular formula is C24H25N3O5. The molecule has 2 heterocycles. The first kappa shape index (κ1) is 21.4. The zero-order valence-electron chi connectivity index (χ0n) is 18.8. The fourth-order valence-electron chi connectivity index (χ4n) is 3.75. The molecule has 0 fully saturated rings. The van der Waals surface area contributed by atoms with Crippen molar-refractivity contribution in [2.45, 2.75) is 26.8 Å². The summed E-state index contributed by atoms with van der Waals surface area (Å²) >= 11 is 0. The van der Waals surface area contributed by atoms with E-state index in [9.17, 15) is 4.79 Å². The monoisotopic (exact) mass is 435 g/mol. The number of aromatic nitrogens is 3. The molecule has 0 amide bonds. The molecule has 0 aliphatic carbocycles. The highest BCUT2D eigenvalue weighted by atomic mass is 16.5. The maximum absolute atomic E-state index is 13.3. The van der Waals surface area contributed by atoms with Gasteiger partial charge in [0, 0.05) is 23.7 Å². The molecule has 2 aromatic heterocycles. The van der Waals surface area contributed by atoms with Gasteiger partial charge in [0.05, 0.1) is 26.8 Å². The van der Waals surface area contributed by atoms with Gasteiger partial charge in [-0.05, 0) is 37.6 Å². The van der Waals surface area contributed by atoms with Crippen LogP contribution in [0.15, 0.2) is 45.8 Å². The summed E-state index contributed by atoms with van der Waals surface area (Å²) in [6, 6.07) is 9.33. The second-order valence-corrected chi connectivity index (χ2v) is 7.42. The number of hydrogen-bond donors (Lipinski definition) is 0. The second-order valence-electron chi connectivity index (χ2n) is 7.42. The minimum Gasteiger partial charge on any atom is -0.493 e. The molecule has 0 atom stereocenters. The summed E-state index contributed by atoms with van der Waals surface area (Å²) in [6.45, 7) is 4.82. The number of nitrogens with zero attached hydrogens (tertiary/aromatic N) is 3. The summed E-state index contributed by atoms with van der Waals surface area (Å²) in [4.78, 5) is 17.8. The zero-order chi connectivity index (χ0) is 22.8. The summed E-state index contributed by atoms with van der Waals surface area (Å²) < 4.78 is 23.8. The van der Waals surface area contributed by atoms with Crippen LogP contribution < -0.4 is 19.6 Å². The van der Waals surface area contributed by atoms with E-state index in [1.165, 1.54) is 21.3 Å². The van der Waals surface area contributed by atoms with Crippen molar-refractivity contribution in [3.8, 4) is 40.1 Å². The van der Waals surface area contributed by atoms with Crippen LogP contribution in [0.3, 0.4) is 0 Å². The summed E-state index contributed by atoms with van der Waals surface area (Å²) in [6.07, 6.45) is 2.71. The van der Waals surface area contributed by atoms with Crippen LogP contribution in [0.2, 0.25) is 0 Å². The Morgan fingerprint density at radius 1 is 1.03 bits per heavy atom. The van der Waals surface area contributed by atoms with Crippen molar-refractivity contribution in [1.29, 1.82) is 0 Å². The Labute approximate surface area is 185 Å². The molecule has 0 saturated heterocycles. The molecule has 2 aromatic carbocycles. The molecule has 0 unspecified atom stereocenters. The van der Waals surface area contributed by atoms with Gasteiger partial charge in [-0.3, -0.25) is 4.79 Å². The van der Waals surface area contributed by atoms with Gasteiger partial charge in [0.15, 0.2) is 11.5 Å². The Morgan fingerprint density at radius 2 is 1.75 bits per heavy atom. The van der Waals surface area contributed by atoms with E-state index in [1.807, 2.05) is 25.1 Å². The summed E-state index contributed by atoms with van der Waals surface area (Å²) in [5, 5.41) is 4.73. The Morgan fingerprint density at radius 3 is 2.38 bits per heavy atom. The second kappa shape index (κ2) is 8.74. The van der Waals surface area contributed by atoms with Crippen molar-refractivity contribution >= 4 is 10.9 Å². The maximum atomic E-state index is 13.3. The Hall–Kier alpha value is -3.81. The van der Waals surface area contributed by atoms with Gasteiger partial charge in [0.25, 0.3) is 5.89 Å². The molecule has 8 heteroatoms. The summed E-state index contributed by atoms with van der Waals surface area (Å²) in [7, 11) is 4.61. The minimum absolute atomic E-state index is 0.142. The van der Waals surface area contributed by atoms with Gasteiger partial charge in [0.2, 0.25) is 17.0 Å². The van der Waals surface area contributed by atoms with Crippen LogP contribution in [-0.2, 0) is 6.54 Å². The van der Waals surface area contributed by atoms with Crippen LogP contribution >= 0.6 is 0 Å². The quantitative estimate of drug-likeness (QED) is 0.423. The van der Waals surface area contributed by atoms with Crippen molar-refractivity contribution < 1.29 is 18.7 Å². The smallest absolute Gasteiger partial charge is 0.263 e. The molecule has 0 aliphatic rings. The van der Waals surface area contributed by atoms with E-state index in [0.717, 1.165) is 24.0 Å². The van der Waals surface area contributed by atoms with E-state index in [4.69, 9.17) is 18.7 Å². The van der Waals surface area contributed by atoms with Gasteiger partial charge in [-0.15, -0.1) is 0 Å². The van der Waals surface area contributed by atoms with Gasteiger partial charge >= 0.3 is 0 Å². The normalized spacial score (nSPS) is 11.0. The average Bonchev–Trinajstić information content (AvgIpc) is 3.30. The predicted molar refractivity (Wildman–Crippen MR) is 122 cm³/mol. The van der Waals surface area contributed by atoms with E-state index < -0.39 is 0 Å². The third kappa shape index (κ3) is 3.68. The highest BCUT2D eigenvalue weighted by Gasteiger charge is 2.20. The molecule has 0 spiro atoms. The lowest BCUT2D eigenvalue weighted by atomic mass is 10.1. The molecule has 8 nitrogen and oxygen atoms in total. The fraction of sp³-hybridized carbons (Fsp3) is 0.292. The number of rotatable bonds is 7. The number of fused-ring (bicyclic) bond motifs is 1. The third-order valence-corrected chi connectivity index (χ3v) is 5.28. The van der Waals surface area contributed by atoms with Gasteiger partial charge in [0.1, 0.15) is 5.56 Å². The standard InChI is InChI=1S/C24H25N3O5/c1-6-9-27-13-17(21(28)16-10-14(2)7-8-18(16)27)24-25-23(26-32-24)15-11-19(29-3)22(31-5)20(12-15)30-4/h7-8,10-13H,6,9H2,1-5H3. The first-order valence-electron chi connectivity index (χ1n) is 10.3. The van der Waals surface area contributed by atoms with Crippen molar-refractivity contribution in [3.05, 3.63) is 52.3 Å². The van der Waals surface area contributed by atoms with Crippen molar-refractivity contribution in [2.24, 2.45) is 0 Å². The lowest BCUT2D eigenvalue weighted by Crippen LogP contribution is -2.12. The lowest BCUT2D eigenvalue weighted by molar-refractivity contribution is 0.324. The third-order valence-electron chi connectivity index (χ3n) is 5.28. The number of ether oxygens (including phenoxy) is 3. The van der Waals surface area contributed by atoms with E-state index in [0.29, 0.717) is 39.6 Å². The van der Waals surface area contributed by atoms with Crippen LogP contribution in [0.4, 0.5) is 0 Å². The molecule has 0 aliphatic heterocycles. The van der Waals surface area contributed by atoms with Gasteiger partial charge in [-0.1, -0.05) is 23.7 Å². The molecule has 166 valence electrons. The predicted octanol–water partition coefficient (Wildman–Crippen LogP) is 4.46. The van der Waals surface area contributed by atoms with Crippen molar-refractivity contribution in [2.75, 3.05) is 21.3 Å². The average molecular weight is 435 g/mol. The Balaban J connectivity index is 1.86. The molecule has 0 N–H and O–H groups in total. The van der Waals surface area contributed by atoms with Crippen LogP contribution in [-0.4, -0.2) is 36.0 Å². The fourth-order valence-corrected chi connectivity index (χ4v) is 3.75. The van der Waals surface area contributed by atoms with Gasteiger partial charge < -0.3 is 23.3 Å². The van der Waals surface area contributed by atoms with E-state index in [-0.39, 0.29) is 11.3 Å². The van der Waals surface area contributed by atoms with Crippen molar-refractivity contribution in [1.82, 2.24) is 14.7 Å². The summed E-state index contributed by atoms with van der Waals surface area (Å²) in [5.74, 6) is 1.88. The SMILES string of the molecule is CCCn1cc(-c2nc(-c3cc(OC)c(OC)c(OC)c3)no2)c(=O)c2cc(C)ccc21. The number of aryl methyl sites for hydroxylation is 2. The highest BCUT2D eigenvalue weighted by molar-refractivity contribution is 5.83. The van der Waals surface area contributed by atoms with Crippen molar-refractivity contribution in [3.63, 3.8) is 0 Å². The molecule has 4 aromatic rings. The van der Waals surface area contributed by atoms with Crippen LogP contribution in [0.5, 0.6) is 17.2 Å². The van der Waals surface area contributed by atoms with E-state index >= 15 is 0 Å². The molecule has 4 rings (SSSR count). The molecule has 0 saturated carbocycles. The molecule has 32 heavy (non-hydrogen) atoms.